The minimum Gasteiger partial charge on any atom is -0.507 e. The van der Waals surface area contributed by atoms with Gasteiger partial charge in [0.05, 0.1) is 16.4 Å². The number of halogens is 2. The van der Waals surface area contributed by atoms with Crippen molar-refractivity contribution < 1.29 is 9.50 Å². The summed E-state index contributed by atoms with van der Waals surface area (Å²) >= 11 is 6.47. The maximum atomic E-state index is 14.7. The Morgan fingerprint density at radius 1 is 0.941 bits per heavy atom. The fourth-order valence-electron chi connectivity index (χ4n) is 3.83. The summed E-state index contributed by atoms with van der Waals surface area (Å²) in [5.41, 5.74) is 3.42. The Morgan fingerprint density at radius 2 is 1.71 bits per heavy atom. The third kappa shape index (κ3) is 3.86. The van der Waals surface area contributed by atoms with Gasteiger partial charge in [-0.15, -0.1) is 0 Å². The summed E-state index contributed by atoms with van der Waals surface area (Å²) in [6.45, 7) is 0. The second-order valence-electron chi connectivity index (χ2n) is 7.75. The summed E-state index contributed by atoms with van der Waals surface area (Å²) in [4.78, 5) is 20.7. The van der Waals surface area contributed by atoms with Crippen LogP contribution in [0.15, 0.2) is 90.4 Å². The Labute approximate surface area is 199 Å². The van der Waals surface area contributed by atoms with Crippen LogP contribution in [0.4, 0.5) is 4.39 Å². The number of hydrogen-bond acceptors (Lipinski definition) is 4. The van der Waals surface area contributed by atoms with Crippen LogP contribution < -0.4 is 5.69 Å². The molecule has 1 N–H and O–H groups in total. The maximum Gasteiger partial charge on any atom is 0.332 e. The van der Waals surface area contributed by atoms with Crippen molar-refractivity contribution in [1.29, 1.82) is 0 Å². The van der Waals surface area contributed by atoms with E-state index >= 15 is 0 Å². The van der Waals surface area contributed by atoms with Crippen LogP contribution >= 0.6 is 11.6 Å². The van der Waals surface area contributed by atoms with E-state index < -0.39 is 5.82 Å². The summed E-state index contributed by atoms with van der Waals surface area (Å²) in [5, 5.41) is 11.4. The Kier molecular flexibility index (Phi) is 5.47. The van der Waals surface area contributed by atoms with Gasteiger partial charge in [0, 0.05) is 54.7 Å². The molecule has 0 radical (unpaired) electrons. The zero-order valence-electron chi connectivity index (χ0n) is 18.0. The average molecular weight is 473 g/mol. The molecule has 0 atom stereocenters. The highest BCUT2D eigenvalue weighted by Gasteiger charge is 2.16. The Hall–Kier alpha value is -4.23. The second kappa shape index (κ2) is 8.61. The molecule has 8 heteroatoms. The molecular weight excluding hydrogens is 455 g/mol. The molecule has 0 aliphatic carbocycles. The largest absolute Gasteiger partial charge is 0.507 e. The number of hydrogen-bond donors (Lipinski definition) is 1. The lowest BCUT2D eigenvalue weighted by molar-refractivity contribution is 0.477. The van der Waals surface area contributed by atoms with E-state index in [1.54, 1.807) is 74.4 Å². The van der Waals surface area contributed by atoms with Gasteiger partial charge < -0.3 is 9.67 Å². The van der Waals surface area contributed by atoms with Crippen molar-refractivity contribution in [3.05, 3.63) is 107 Å². The lowest BCUT2D eigenvalue weighted by Gasteiger charge is -2.13. The zero-order valence-corrected chi connectivity index (χ0v) is 18.7. The minimum atomic E-state index is -0.512. The predicted octanol–water partition coefficient (Wildman–Crippen LogP) is 5.47. The first-order valence-electron chi connectivity index (χ1n) is 10.4. The van der Waals surface area contributed by atoms with E-state index in [4.69, 9.17) is 11.6 Å². The number of aromatic nitrogens is 4. The molecular formula is C26H18ClFN4O2. The van der Waals surface area contributed by atoms with Crippen LogP contribution in [0, 0.1) is 5.82 Å². The van der Waals surface area contributed by atoms with Crippen LogP contribution in [-0.4, -0.2) is 24.2 Å². The van der Waals surface area contributed by atoms with Crippen molar-refractivity contribution in [1.82, 2.24) is 19.1 Å². The normalized spacial score (nSPS) is 11.0. The van der Waals surface area contributed by atoms with Crippen molar-refractivity contribution in [3.63, 3.8) is 0 Å². The van der Waals surface area contributed by atoms with E-state index in [9.17, 15) is 14.3 Å². The van der Waals surface area contributed by atoms with Crippen LogP contribution in [-0.2, 0) is 7.05 Å². The van der Waals surface area contributed by atoms with Crippen molar-refractivity contribution in [3.8, 4) is 44.9 Å². The fraction of sp³-hybridized carbons (Fsp3) is 0.0385. The van der Waals surface area contributed by atoms with Gasteiger partial charge in [-0.1, -0.05) is 17.7 Å². The van der Waals surface area contributed by atoms with Gasteiger partial charge in [-0.25, -0.2) is 9.18 Å². The molecule has 0 fully saturated rings. The number of rotatable bonds is 4. The van der Waals surface area contributed by atoms with E-state index in [2.05, 4.69) is 9.97 Å². The van der Waals surface area contributed by atoms with Crippen LogP contribution in [0.5, 0.6) is 5.75 Å². The minimum absolute atomic E-state index is 0.0922. The van der Waals surface area contributed by atoms with Gasteiger partial charge in [0.1, 0.15) is 11.6 Å². The molecule has 0 unspecified atom stereocenters. The van der Waals surface area contributed by atoms with Gasteiger partial charge in [0.25, 0.3) is 0 Å². The van der Waals surface area contributed by atoms with Crippen molar-refractivity contribution >= 4 is 11.6 Å². The Bertz CT molecular complexity index is 1580. The average Bonchev–Trinajstić information content (AvgIpc) is 3.18. The number of nitrogens with zero attached hydrogens (tertiary/aromatic N) is 4. The highest BCUT2D eigenvalue weighted by Crippen LogP contribution is 2.40. The van der Waals surface area contributed by atoms with Gasteiger partial charge in [-0.3, -0.25) is 14.5 Å². The zero-order chi connectivity index (χ0) is 23.8. The number of imidazole rings is 1. The molecule has 0 bridgehead atoms. The molecule has 0 aliphatic rings. The molecule has 2 aromatic carbocycles. The third-order valence-corrected chi connectivity index (χ3v) is 5.87. The van der Waals surface area contributed by atoms with E-state index in [-0.39, 0.29) is 17.0 Å². The molecule has 5 rings (SSSR count). The van der Waals surface area contributed by atoms with Crippen LogP contribution in [0.1, 0.15) is 0 Å². The summed E-state index contributed by atoms with van der Waals surface area (Å²) in [6, 6.07) is 14.6. The summed E-state index contributed by atoms with van der Waals surface area (Å²) < 4.78 is 17.5. The predicted molar refractivity (Wildman–Crippen MR) is 130 cm³/mol. The molecule has 168 valence electrons. The number of aryl methyl sites for hydroxylation is 1. The molecule has 0 spiro atoms. The van der Waals surface area contributed by atoms with Gasteiger partial charge in [0.2, 0.25) is 0 Å². The van der Waals surface area contributed by atoms with Gasteiger partial charge in [-0.05, 0) is 59.7 Å². The lowest BCUT2D eigenvalue weighted by Crippen LogP contribution is -2.20. The molecule has 3 aromatic heterocycles. The molecule has 6 nitrogen and oxygen atoms in total. The second-order valence-corrected chi connectivity index (χ2v) is 8.16. The van der Waals surface area contributed by atoms with Crippen molar-refractivity contribution in [2.24, 2.45) is 7.05 Å². The lowest BCUT2D eigenvalue weighted by atomic mass is 9.96. The molecule has 0 saturated heterocycles. The standard InChI is InChI=1S/C26H18ClFN4O2/c1-31-9-10-32(26(31)34)24-5-4-16(11-22(24)27)20-13-19(28)14-21(25(20)33)17-6-8-30-23(12-17)18-3-2-7-29-15-18/h2-15,33H,1H3. The Morgan fingerprint density at radius 3 is 2.35 bits per heavy atom. The number of phenolic OH excluding ortho intramolecular Hbond substituents is 1. The number of benzene rings is 2. The topological polar surface area (TPSA) is 72.9 Å². The van der Waals surface area contributed by atoms with E-state index in [0.29, 0.717) is 33.1 Å². The van der Waals surface area contributed by atoms with Crippen molar-refractivity contribution in [2.45, 2.75) is 0 Å². The molecule has 0 saturated carbocycles. The first-order chi connectivity index (χ1) is 16.4. The van der Waals surface area contributed by atoms with E-state index in [1.165, 1.54) is 21.3 Å². The van der Waals surface area contributed by atoms with E-state index in [1.807, 2.05) is 6.07 Å². The first-order valence-corrected chi connectivity index (χ1v) is 10.7. The molecule has 0 amide bonds. The molecule has 0 aliphatic heterocycles. The van der Waals surface area contributed by atoms with Gasteiger partial charge >= 0.3 is 5.69 Å². The van der Waals surface area contributed by atoms with Crippen LogP contribution in [0.3, 0.4) is 0 Å². The number of phenols is 1. The number of aromatic hydroxyl groups is 1. The molecule has 5 aromatic rings. The summed E-state index contributed by atoms with van der Waals surface area (Å²) in [6.07, 6.45) is 8.20. The van der Waals surface area contributed by atoms with Gasteiger partial charge in [0.15, 0.2) is 0 Å². The van der Waals surface area contributed by atoms with Gasteiger partial charge in [-0.2, -0.15) is 0 Å². The third-order valence-electron chi connectivity index (χ3n) is 5.57. The highest BCUT2D eigenvalue weighted by atomic mass is 35.5. The quantitative estimate of drug-likeness (QED) is 0.376. The SMILES string of the molecule is Cn1ccn(-c2ccc(-c3cc(F)cc(-c4ccnc(-c5cccnc5)c4)c3O)cc2Cl)c1=O. The summed E-state index contributed by atoms with van der Waals surface area (Å²) in [7, 11) is 1.65. The van der Waals surface area contributed by atoms with Crippen LogP contribution in [0.25, 0.3) is 39.2 Å². The monoisotopic (exact) mass is 472 g/mol. The smallest absolute Gasteiger partial charge is 0.332 e. The number of pyridine rings is 2. The van der Waals surface area contributed by atoms with Crippen molar-refractivity contribution in [2.75, 3.05) is 0 Å². The molecule has 34 heavy (non-hydrogen) atoms. The fourth-order valence-corrected chi connectivity index (χ4v) is 4.10. The molecule has 3 heterocycles. The Balaban J connectivity index is 1.59. The first kappa shape index (κ1) is 21.6. The van der Waals surface area contributed by atoms with Crippen LogP contribution in [0.2, 0.25) is 5.02 Å². The van der Waals surface area contributed by atoms with E-state index in [0.717, 1.165) is 5.56 Å². The maximum absolute atomic E-state index is 14.7. The highest BCUT2D eigenvalue weighted by molar-refractivity contribution is 6.32. The summed E-state index contributed by atoms with van der Waals surface area (Å²) in [5.74, 6) is -0.604.